The van der Waals surface area contributed by atoms with Crippen molar-refractivity contribution in [2.24, 2.45) is 0 Å². The van der Waals surface area contributed by atoms with Crippen molar-refractivity contribution in [2.75, 3.05) is 13.2 Å². The molecule has 3 nitrogen and oxygen atoms in total. The minimum atomic E-state index is -2.47. The Hall–Kier alpha value is -2.08. The van der Waals surface area contributed by atoms with Gasteiger partial charge in [-0.05, 0) is 61.4 Å². The number of halogens is 2. The highest BCUT2D eigenvalue weighted by Crippen LogP contribution is 2.25. The lowest BCUT2D eigenvalue weighted by Crippen LogP contribution is -2.28. The van der Waals surface area contributed by atoms with Gasteiger partial charge in [0.05, 0.1) is 6.54 Å². The Morgan fingerprint density at radius 3 is 2.33 bits per heavy atom. The number of benzene rings is 2. The molecule has 2 aromatic rings. The number of amides is 1. The Labute approximate surface area is 144 Å². The Morgan fingerprint density at radius 1 is 1.12 bits per heavy atom. The Kier molecular flexibility index (Phi) is 6.61. The quantitative estimate of drug-likeness (QED) is 0.592. The van der Waals surface area contributed by atoms with Crippen LogP contribution in [0, 0.1) is 13.8 Å². The van der Waals surface area contributed by atoms with Gasteiger partial charge in [0.2, 0.25) is 0 Å². The first-order valence-electron chi connectivity index (χ1n) is 7.48. The number of ether oxygens (including phenoxy) is 1. The minimum absolute atomic E-state index is 0.257. The molecule has 1 N–H and O–H groups in total. The minimum Gasteiger partial charge on any atom is -0.492 e. The molecule has 0 saturated heterocycles. The van der Waals surface area contributed by atoms with Gasteiger partial charge in [0.15, 0.2) is 0 Å². The first-order chi connectivity index (χ1) is 11.4. The number of carbonyl (C=O) groups excluding carboxylic acids is 1. The number of nitrogens with one attached hydrogen (secondary N) is 1. The Morgan fingerprint density at radius 2 is 1.75 bits per heavy atom. The number of carbonyl (C=O) groups is 1. The van der Waals surface area contributed by atoms with Crippen LogP contribution in [-0.2, 0) is 0 Å². The molecule has 0 aliphatic rings. The van der Waals surface area contributed by atoms with E-state index in [4.69, 9.17) is 4.74 Å². The zero-order valence-electron chi connectivity index (χ0n) is 13.5. The zero-order valence-corrected chi connectivity index (χ0v) is 14.3. The van der Waals surface area contributed by atoms with Crippen LogP contribution in [0.5, 0.6) is 5.75 Å². The van der Waals surface area contributed by atoms with Gasteiger partial charge in [0.1, 0.15) is 12.4 Å². The third kappa shape index (κ3) is 5.85. The summed E-state index contributed by atoms with van der Waals surface area (Å²) in [6.45, 7) is 4.71. The van der Waals surface area contributed by atoms with E-state index in [2.05, 4.69) is 11.4 Å². The van der Waals surface area contributed by atoms with Crippen LogP contribution >= 0.6 is 11.8 Å². The number of alkyl halides is 2. The number of aryl methyl sites for hydroxylation is 2. The summed E-state index contributed by atoms with van der Waals surface area (Å²) < 4.78 is 30.1. The van der Waals surface area contributed by atoms with Crippen LogP contribution in [0.15, 0.2) is 47.4 Å². The fraction of sp³-hybridized carbons (Fsp3) is 0.278. The molecule has 128 valence electrons. The highest BCUT2D eigenvalue weighted by molar-refractivity contribution is 7.99. The van der Waals surface area contributed by atoms with E-state index in [1.807, 2.05) is 26.0 Å². The summed E-state index contributed by atoms with van der Waals surface area (Å²) in [7, 11) is 0. The molecule has 24 heavy (non-hydrogen) atoms. The summed E-state index contributed by atoms with van der Waals surface area (Å²) in [5.41, 5.74) is 2.67. The molecular formula is C18H19F2NO2S. The van der Waals surface area contributed by atoms with Crippen LogP contribution in [0.3, 0.4) is 0 Å². The smallest absolute Gasteiger partial charge is 0.288 e. The van der Waals surface area contributed by atoms with Gasteiger partial charge >= 0.3 is 0 Å². The normalized spacial score (nSPS) is 10.7. The summed E-state index contributed by atoms with van der Waals surface area (Å²) >= 11 is 0.455. The van der Waals surface area contributed by atoms with Gasteiger partial charge in [-0.2, -0.15) is 8.78 Å². The summed E-state index contributed by atoms with van der Waals surface area (Å²) in [5, 5.41) is 2.74. The highest BCUT2D eigenvalue weighted by atomic mass is 32.2. The van der Waals surface area contributed by atoms with Crippen LogP contribution in [0.4, 0.5) is 8.78 Å². The van der Waals surface area contributed by atoms with E-state index < -0.39 is 5.76 Å². The van der Waals surface area contributed by atoms with Gasteiger partial charge < -0.3 is 10.1 Å². The van der Waals surface area contributed by atoms with E-state index in [9.17, 15) is 13.6 Å². The van der Waals surface area contributed by atoms with Crippen LogP contribution in [-0.4, -0.2) is 24.8 Å². The Balaban J connectivity index is 1.78. The zero-order chi connectivity index (χ0) is 17.5. The van der Waals surface area contributed by atoms with E-state index in [1.54, 1.807) is 0 Å². The van der Waals surface area contributed by atoms with E-state index >= 15 is 0 Å². The fourth-order valence-electron chi connectivity index (χ4n) is 2.24. The van der Waals surface area contributed by atoms with Gasteiger partial charge in [0, 0.05) is 10.5 Å². The lowest BCUT2D eigenvalue weighted by molar-refractivity contribution is 0.0947. The molecular weight excluding hydrogens is 332 g/mol. The molecule has 0 heterocycles. The van der Waals surface area contributed by atoms with E-state index in [1.165, 1.54) is 24.3 Å². The van der Waals surface area contributed by atoms with Crippen molar-refractivity contribution in [1.29, 1.82) is 0 Å². The molecule has 2 rings (SSSR count). The molecule has 0 fully saturated rings. The fourth-order valence-corrected chi connectivity index (χ4v) is 2.74. The third-order valence-corrected chi connectivity index (χ3v) is 3.92. The second kappa shape index (κ2) is 8.68. The molecule has 1 amide bonds. The molecule has 0 radical (unpaired) electrons. The second-order valence-corrected chi connectivity index (χ2v) is 6.39. The predicted octanol–water partition coefficient (Wildman–Crippen LogP) is 4.43. The average Bonchev–Trinajstić information content (AvgIpc) is 2.50. The molecule has 0 atom stereocenters. The van der Waals surface area contributed by atoms with Crippen LogP contribution < -0.4 is 10.1 Å². The van der Waals surface area contributed by atoms with Gasteiger partial charge in [-0.25, -0.2) is 0 Å². The van der Waals surface area contributed by atoms with Crippen molar-refractivity contribution in [3.05, 3.63) is 59.2 Å². The number of thioether (sulfide) groups is 1. The molecule has 2 aromatic carbocycles. The molecule has 0 spiro atoms. The molecule has 0 saturated carbocycles. The highest BCUT2D eigenvalue weighted by Gasteiger charge is 2.08. The molecule has 6 heteroatoms. The van der Waals surface area contributed by atoms with E-state index in [-0.39, 0.29) is 5.91 Å². The van der Waals surface area contributed by atoms with Gasteiger partial charge in [0.25, 0.3) is 11.7 Å². The van der Waals surface area contributed by atoms with Crippen LogP contribution in [0.2, 0.25) is 0 Å². The van der Waals surface area contributed by atoms with Crippen molar-refractivity contribution in [3.8, 4) is 5.75 Å². The predicted molar refractivity (Wildman–Crippen MR) is 92.0 cm³/mol. The van der Waals surface area contributed by atoms with Crippen molar-refractivity contribution in [1.82, 2.24) is 5.32 Å². The number of hydrogen-bond acceptors (Lipinski definition) is 3. The first kappa shape index (κ1) is 18.3. The van der Waals surface area contributed by atoms with Crippen molar-refractivity contribution in [3.63, 3.8) is 0 Å². The third-order valence-electron chi connectivity index (χ3n) is 3.19. The SMILES string of the molecule is Cc1cc(C)cc(OCCNC(=O)c2ccc(SC(F)F)cc2)c1. The van der Waals surface area contributed by atoms with Crippen molar-refractivity contribution in [2.45, 2.75) is 24.5 Å². The number of hydrogen-bond donors (Lipinski definition) is 1. The number of rotatable bonds is 7. The summed E-state index contributed by atoms with van der Waals surface area (Å²) in [5.74, 6) is -1.95. The largest absolute Gasteiger partial charge is 0.492 e. The maximum Gasteiger partial charge on any atom is 0.288 e. The lowest BCUT2D eigenvalue weighted by Gasteiger charge is -2.09. The standard InChI is InChI=1S/C18H19F2NO2S/c1-12-9-13(2)11-15(10-12)23-8-7-21-17(22)14-3-5-16(6-4-14)24-18(19)20/h3-6,9-11,18H,7-8H2,1-2H3,(H,21,22). The summed E-state index contributed by atoms with van der Waals surface area (Å²) in [4.78, 5) is 12.4. The van der Waals surface area contributed by atoms with Crippen molar-refractivity contribution >= 4 is 17.7 Å². The van der Waals surface area contributed by atoms with E-state index in [0.29, 0.717) is 35.4 Å². The van der Waals surface area contributed by atoms with Gasteiger partial charge in [-0.15, -0.1) is 0 Å². The molecule has 0 unspecified atom stereocenters. The van der Waals surface area contributed by atoms with Crippen molar-refractivity contribution < 1.29 is 18.3 Å². The maximum absolute atomic E-state index is 12.2. The van der Waals surface area contributed by atoms with Crippen LogP contribution in [0.1, 0.15) is 21.5 Å². The topological polar surface area (TPSA) is 38.3 Å². The first-order valence-corrected chi connectivity index (χ1v) is 8.36. The van der Waals surface area contributed by atoms with E-state index in [0.717, 1.165) is 16.9 Å². The molecule has 0 aliphatic carbocycles. The summed E-state index contributed by atoms with van der Waals surface area (Å²) in [6.07, 6.45) is 0. The average molecular weight is 351 g/mol. The summed E-state index contributed by atoms with van der Waals surface area (Å²) in [6, 6.07) is 12.0. The lowest BCUT2D eigenvalue weighted by atomic mass is 10.1. The van der Waals surface area contributed by atoms with Crippen LogP contribution in [0.25, 0.3) is 0 Å². The monoisotopic (exact) mass is 351 g/mol. The second-order valence-electron chi connectivity index (χ2n) is 5.33. The molecule has 0 bridgehead atoms. The Bertz CT molecular complexity index is 670. The van der Waals surface area contributed by atoms with Gasteiger partial charge in [-0.1, -0.05) is 17.8 Å². The molecule has 0 aliphatic heterocycles. The van der Waals surface area contributed by atoms with Gasteiger partial charge in [-0.3, -0.25) is 4.79 Å². The maximum atomic E-state index is 12.2. The molecule has 0 aromatic heterocycles.